The normalized spacial score (nSPS) is 11.8. The SMILES string of the molecule is c1ccc(N(c2ccccc2)c2ccc3nc(-c4ccc5nc(-n6c7ccccc7c7cc8ccccc8cc76)sc5c4)sc3c2)cc1. The molecule has 48 heavy (non-hydrogen) atoms. The number of benzene rings is 7. The van der Waals surface area contributed by atoms with E-state index < -0.39 is 0 Å². The van der Waals surface area contributed by atoms with E-state index in [0.717, 1.165) is 53.2 Å². The molecule has 0 aliphatic heterocycles. The molecular formula is C42H26N4S2. The summed E-state index contributed by atoms with van der Waals surface area (Å²) < 4.78 is 4.63. The third-order valence-electron chi connectivity index (χ3n) is 9.01. The van der Waals surface area contributed by atoms with Crippen molar-refractivity contribution in [3.8, 4) is 15.7 Å². The highest BCUT2D eigenvalue weighted by Crippen LogP contribution is 2.41. The molecule has 4 nitrogen and oxygen atoms in total. The molecule has 0 spiro atoms. The lowest BCUT2D eigenvalue weighted by Crippen LogP contribution is -2.09. The van der Waals surface area contributed by atoms with Gasteiger partial charge in [-0.2, -0.15) is 0 Å². The number of hydrogen-bond acceptors (Lipinski definition) is 5. The van der Waals surface area contributed by atoms with Crippen molar-refractivity contribution in [3.63, 3.8) is 0 Å². The van der Waals surface area contributed by atoms with Gasteiger partial charge in [-0.05, 0) is 89.6 Å². The van der Waals surface area contributed by atoms with Crippen LogP contribution in [-0.4, -0.2) is 14.5 Å². The first kappa shape index (κ1) is 27.3. The van der Waals surface area contributed by atoms with Gasteiger partial charge >= 0.3 is 0 Å². The maximum Gasteiger partial charge on any atom is 0.195 e. The predicted molar refractivity (Wildman–Crippen MR) is 205 cm³/mol. The van der Waals surface area contributed by atoms with Crippen molar-refractivity contribution in [2.24, 2.45) is 0 Å². The molecule has 226 valence electrons. The molecule has 0 saturated heterocycles. The Kier molecular flexibility index (Phi) is 6.19. The second kappa shape index (κ2) is 10.9. The largest absolute Gasteiger partial charge is 0.310 e. The van der Waals surface area contributed by atoms with Crippen LogP contribution in [0.25, 0.3) is 68.7 Å². The third kappa shape index (κ3) is 4.42. The molecule has 0 bridgehead atoms. The summed E-state index contributed by atoms with van der Waals surface area (Å²) in [5.41, 5.74) is 8.80. The van der Waals surface area contributed by atoms with Gasteiger partial charge in [-0.15, -0.1) is 11.3 Å². The molecular weight excluding hydrogens is 625 g/mol. The zero-order valence-corrected chi connectivity index (χ0v) is 27.2. The van der Waals surface area contributed by atoms with Gasteiger partial charge in [-0.1, -0.05) is 90.2 Å². The minimum Gasteiger partial charge on any atom is -0.310 e. The Morgan fingerprint density at radius 2 is 1.10 bits per heavy atom. The van der Waals surface area contributed by atoms with Gasteiger partial charge in [-0.3, -0.25) is 4.57 Å². The van der Waals surface area contributed by atoms with Gasteiger partial charge in [0.05, 0.1) is 31.5 Å². The van der Waals surface area contributed by atoms with E-state index in [1.807, 2.05) is 0 Å². The molecule has 6 heteroatoms. The van der Waals surface area contributed by atoms with Crippen LogP contribution in [0.15, 0.2) is 158 Å². The highest BCUT2D eigenvalue weighted by molar-refractivity contribution is 7.22. The summed E-state index contributed by atoms with van der Waals surface area (Å²) in [6.07, 6.45) is 0. The number of hydrogen-bond donors (Lipinski definition) is 0. The van der Waals surface area contributed by atoms with Gasteiger partial charge in [0.2, 0.25) is 0 Å². The van der Waals surface area contributed by atoms with Gasteiger partial charge in [-0.25, -0.2) is 9.97 Å². The van der Waals surface area contributed by atoms with Crippen molar-refractivity contribution in [3.05, 3.63) is 158 Å². The molecule has 0 amide bonds. The molecule has 10 aromatic rings. The molecule has 0 radical (unpaired) electrons. The highest BCUT2D eigenvalue weighted by Gasteiger charge is 2.18. The Labute approximate surface area is 284 Å². The Balaban J connectivity index is 1.07. The Morgan fingerprint density at radius 1 is 0.458 bits per heavy atom. The van der Waals surface area contributed by atoms with Gasteiger partial charge in [0.1, 0.15) is 5.01 Å². The summed E-state index contributed by atoms with van der Waals surface area (Å²) in [5.74, 6) is 0. The van der Waals surface area contributed by atoms with Gasteiger partial charge in [0.15, 0.2) is 5.13 Å². The Bertz CT molecular complexity index is 2760. The molecule has 3 heterocycles. The minimum atomic E-state index is 0.972. The Morgan fingerprint density at radius 3 is 1.90 bits per heavy atom. The predicted octanol–water partition coefficient (Wildman–Crippen LogP) is 12.3. The summed E-state index contributed by atoms with van der Waals surface area (Å²) >= 11 is 3.46. The third-order valence-corrected chi connectivity index (χ3v) is 11.1. The molecule has 7 aromatic carbocycles. The maximum atomic E-state index is 5.16. The number of fused-ring (bicyclic) bond motifs is 6. The molecule has 0 atom stereocenters. The standard InChI is InChI=1S/C42H26N4S2/c1-3-13-30(14-4-1)45(31-15-5-2-6-16-31)32-20-22-35-40(26-32)47-41(43-35)29-19-21-36-39(25-29)48-42(44-36)46-37-18-10-9-17-33(37)34-23-27-11-7-8-12-28(27)24-38(34)46/h1-26H. The van der Waals surface area contributed by atoms with Crippen LogP contribution >= 0.6 is 22.7 Å². The van der Waals surface area contributed by atoms with E-state index in [9.17, 15) is 0 Å². The van der Waals surface area contributed by atoms with Crippen LogP contribution in [0.4, 0.5) is 17.1 Å². The van der Waals surface area contributed by atoms with Crippen LogP contribution in [-0.2, 0) is 0 Å². The van der Waals surface area contributed by atoms with E-state index in [2.05, 4.69) is 167 Å². The van der Waals surface area contributed by atoms with Crippen LogP contribution in [0.3, 0.4) is 0 Å². The van der Waals surface area contributed by atoms with Gasteiger partial charge in [0, 0.05) is 33.4 Å². The molecule has 0 N–H and O–H groups in total. The van der Waals surface area contributed by atoms with Crippen LogP contribution in [0.2, 0.25) is 0 Å². The first-order chi connectivity index (χ1) is 23.8. The Hall–Kier alpha value is -5.82. The van der Waals surface area contributed by atoms with Crippen molar-refractivity contribution in [2.45, 2.75) is 0 Å². The number of aromatic nitrogens is 3. The molecule has 0 saturated carbocycles. The molecule has 3 aromatic heterocycles. The lowest BCUT2D eigenvalue weighted by molar-refractivity contribution is 1.15. The lowest BCUT2D eigenvalue weighted by Gasteiger charge is -2.25. The number of anilines is 3. The molecule has 0 aliphatic carbocycles. The second-order valence-corrected chi connectivity index (χ2v) is 14.0. The van der Waals surface area contributed by atoms with E-state index in [1.165, 1.54) is 32.6 Å². The van der Waals surface area contributed by atoms with E-state index in [1.54, 1.807) is 22.7 Å². The number of para-hydroxylation sites is 3. The maximum absolute atomic E-state index is 5.16. The number of nitrogens with zero attached hydrogens (tertiary/aromatic N) is 4. The monoisotopic (exact) mass is 650 g/mol. The minimum absolute atomic E-state index is 0.972. The van der Waals surface area contributed by atoms with Crippen LogP contribution in [0, 0.1) is 0 Å². The summed E-state index contributed by atoms with van der Waals surface area (Å²) in [7, 11) is 0. The smallest absolute Gasteiger partial charge is 0.195 e. The fourth-order valence-corrected chi connectivity index (χ4v) is 8.81. The molecule has 0 fully saturated rings. The summed E-state index contributed by atoms with van der Waals surface area (Å²) in [4.78, 5) is 12.5. The average molecular weight is 651 g/mol. The molecule has 0 aliphatic rings. The first-order valence-electron chi connectivity index (χ1n) is 15.9. The fourth-order valence-electron chi connectivity index (χ4n) is 6.78. The molecule has 10 rings (SSSR count). The first-order valence-corrected chi connectivity index (χ1v) is 17.5. The summed E-state index contributed by atoms with van der Waals surface area (Å²) in [6, 6.07) is 56.0. The zero-order valence-electron chi connectivity index (χ0n) is 25.6. The fraction of sp³-hybridized carbons (Fsp3) is 0. The lowest BCUT2D eigenvalue weighted by atomic mass is 10.1. The van der Waals surface area contributed by atoms with E-state index in [0.29, 0.717) is 0 Å². The molecule has 0 unspecified atom stereocenters. The van der Waals surface area contributed by atoms with Crippen LogP contribution in [0.1, 0.15) is 0 Å². The zero-order chi connectivity index (χ0) is 31.6. The summed E-state index contributed by atoms with van der Waals surface area (Å²) in [6.45, 7) is 0. The van der Waals surface area contributed by atoms with E-state index in [4.69, 9.17) is 9.97 Å². The van der Waals surface area contributed by atoms with Crippen molar-refractivity contribution in [2.75, 3.05) is 4.90 Å². The number of thiazole rings is 2. The summed E-state index contributed by atoms with van der Waals surface area (Å²) in [5, 5.41) is 6.94. The van der Waals surface area contributed by atoms with Gasteiger partial charge in [0.25, 0.3) is 0 Å². The van der Waals surface area contributed by atoms with Crippen molar-refractivity contribution >= 4 is 92.7 Å². The van der Waals surface area contributed by atoms with E-state index >= 15 is 0 Å². The topological polar surface area (TPSA) is 34.0 Å². The van der Waals surface area contributed by atoms with Crippen molar-refractivity contribution in [1.29, 1.82) is 0 Å². The van der Waals surface area contributed by atoms with Crippen LogP contribution < -0.4 is 4.90 Å². The second-order valence-electron chi connectivity index (χ2n) is 11.9. The van der Waals surface area contributed by atoms with Crippen molar-refractivity contribution in [1.82, 2.24) is 14.5 Å². The van der Waals surface area contributed by atoms with Crippen molar-refractivity contribution < 1.29 is 0 Å². The highest BCUT2D eigenvalue weighted by atomic mass is 32.1. The van der Waals surface area contributed by atoms with Crippen LogP contribution in [0.5, 0.6) is 0 Å². The van der Waals surface area contributed by atoms with Gasteiger partial charge < -0.3 is 4.90 Å². The quantitative estimate of drug-likeness (QED) is 0.186. The average Bonchev–Trinajstić information content (AvgIpc) is 3.84. The number of rotatable bonds is 5. The van der Waals surface area contributed by atoms with E-state index in [-0.39, 0.29) is 0 Å².